The summed E-state index contributed by atoms with van der Waals surface area (Å²) in [6, 6.07) is 8.03. The first-order valence-electron chi connectivity index (χ1n) is 8.43. The van der Waals surface area contributed by atoms with Crippen molar-refractivity contribution in [3.05, 3.63) is 58.9 Å². The van der Waals surface area contributed by atoms with Gasteiger partial charge in [0.1, 0.15) is 10.7 Å². The smallest absolute Gasteiger partial charge is 0.271 e. The van der Waals surface area contributed by atoms with E-state index in [-0.39, 0.29) is 12.0 Å². The summed E-state index contributed by atoms with van der Waals surface area (Å²) in [6.07, 6.45) is 3.81. The van der Waals surface area contributed by atoms with Crippen molar-refractivity contribution in [3.8, 4) is 10.6 Å². The highest BCUT2D eigenvalue weighted by molar-refractivity contribution is 7.13. The van der Waals surface area contributed by atoms with E-state index in [1.165, 1.54) is 11.3 Å². The maximum Gasteiger partial charge on any atom is 0.271 e. The molecule has 136 valence electrons. The largest absolute Gasteiger partial charge is 0.374 e. The number of ether oxygens (including phenoxy) is 1. The molecule has 1 amide bonds. The molecule has 2 aromatic heterocycles. The first-order valence-corrected chi connectivity index (χ1v) is 9.31. The maximum absolute atomic E-state index is 12.4. The molecule has 1 N–H and O–H groups in total. The third kappa shape index (κ3) is 4.77. The summed E-state index contributed by atoms with van der Waals surface area (Å²) in [6.45, 7) is 5.05. The number of aryl methyl sites for hydroxylation is 1. The van der Waals surface area contributed by atoms with E-state index >= 15 is 0 Å². The zero-order chi connectivity index (χ0) is 18.5. The van der Waals surface area contributed by atoms with Crippen LogP contribution in [0.2, 0.25) is 0 Å². The van der Waals surface area contributed by atoms with E-state index in [2.05, 4.69) is 15.4 Å². The fourth-order valence-electron chi connectivity index (χ4n) is 2.41. The zero-order valence-electron chi connectivity index (χ0n) is 15.1. The van der Waals surface area contributed by atoms with E-state index in [9.17, 15) is 4.79 Å². The molecule has 7 heteroatoms. The average molecular weight is 370 g/mol. The van der Waals surface area contributed by atoms with E-state index < -0.39 is 0 Å². The number of aromatic nitrogens is 3. The van der Waals surface area contributed by atoms with Gasteiger partial charge in [-0.1, -0.05) is 24.3 Å². The number of nitrogens with zero attached hydrogens (tertiary/aromatic N) is 3. The number of hydrogen-bond acceptors (Lipinski definition) is 5. The fraction of sp³-hybridized carbons (Fsp3) is 0.316. The third-order valence-electron chi connectivity index (χ3n) is 3.72. The summed E-state index contributed by atoms with van der Waals surface area (Å²) >= 11 is 1.44. The zero-order valence-corrected chi connectivity index (χ0v) is 15.9. The van der Waals surface area contributed by atoms with Crippen molar-refractivity contribution in [2.24, 2.45) is 7.05 Å². The van der Waals surface area contributed by atoms with Crippen molar-refractivity contribution >= 4 is 17.2 Å². The Bertz CT molecular complexity index is 885. The van der Waals surface area contributed by atoms with E-state index in [0.29, 0.717) is 18.8 Å². The lowest BCUT2D eigenvalue weighted by Crippen LogP contribution is -2.23. The quantitative estimate of drug-likeness (QED) is 0.692. The number of amides is 1. The molecule has 0 unspecified atom stereocenters. The van der Waals surface area contributed by atoms with Crippen LogP contribution in [0.25, 0.3) is 10.6 Å². The van der Waals surface area contributed by atoms with Gasteiger partial charge in [0, 0.05) is 30.7 Å². The van der Waals surface area contributed by atoms with Gasteiger partial charge in [-0.3, -0.25) is 9.48 Å². The van der Waals surface area contributed by atoms with Crippen molar-refractivity contribution < 1.29 is 9.53 Å². The van der Waals surface area contributed by atoms with Crippen LogP contribution in [0.15, 0.2) is 42.0 Å². The summed E-state index contributed by atoms with van der Waals surface area (Å²) in [5.41, 5.74) is 3.46. The van der Waals surface area contributed by atoms with Crippen LogP contribution in [0.4, 0.5) is 0 Å². The SMILES string of the molecule is CC(C)OCc1cccc(CNC(=O)c2csc(-c3cnn(C)c3)n2)c1. The van der Waals surface area contributed by atoms with Gasteiger partial charge < -0.3 is 10.1 Å². The molecule has 0 saturated carbocycles. The lowest BCUT2D eigenvalue weighted by molar-refractivity contribution is 0.0657. The van der Waals surface area contributed by atoms with Crippen LogP contribution in [-0.2, 0) is 24.9 Å². The van der Waals surface area contributed by atoms with Crippen LogP contribution in [-0.4, -0.2) is 26.8 Å². The number of carbonyl (C=O) groups excluding carboxylic acids is 1. The monoisotopic (exact) mass is 370 g/mol. The Balaban J connectivity index is 1.59. The second kappa shape index (κ2) is 8.25. The first-order chi connectivity index (χ1) is 12.5. The van der Waals surface area contributed by atoms with Gasteiger partial charge in [-0.2, -0.15) is 5.10 Å². The number of rotatable bonds is 7. The molecule has 0 radical (unpaired) electrons. The average Bonchev–Trinajstić information content (AvgIpc) is 3.27. The minimum absolute atomic E-state index is 0.180. The molecule has 0 aliphatic rings. The first kappa shape index (κ1) is 18.3. The molecule has 0 bridgehead atoms. The van der Waals surface area contributed by atoms with E-state index in [1.54, 1.807) is 16.3 Å². The van der Waals surface area contributed by atoms with E-state index in [1.807, 2.05) is 51.4 Å². The molecule has 0 fully saturated rings. The van der Waals surface area contributed by atoms with Crippen molar-refractivity contribution in [3.63, 3.8) is 0 Å². The summed E-state index contributed by atoms with van der Waals surface area (Å²) in [5.74, 6) is -0.180. The number of nitrogens with one attached hydrogen (secondary N) is 1. The normalized spacial score (nSPS) is 11.1. The Kier molecular flexibility index (Phi) is 5.80. The number of benzene rings is 1. The molecule has 26 heavy (non-hydrogen) atoms. The Morgan fingerprint density at radius 1 is 1.35 bits per heavy atom. The van der Waals surface area contributed by atoms with E-state index in [0.717, 1.165) is 21.7 Å². The maximum atomic E-state index is 12.4. The summed E-state index contributed by atoms with van der Waals surface area (Å²) < 4.78 is 7.34. The molecule has 0 aliphatic carbocycles. The van der Waals surface area contributed by atoms with Gasteiger partial charge in [-0.15, -0.1) is 11.3 Å². The van der Waals surface area contributed by atoms with Gasteiger partial charge in [-0.25, -0.2) is 4.98 Å². The van der Waals surface area contributed by atoms with Crippen LogP contribution >= 0.6 is 11.3 Å². The van der Waals surface area contributed by atoms with Crippen molar-refractivity contribution in [1.82, 2.24) is 20.1 Å². The highest BCUT2D eigenvalue weighted by Crippen LogP contribution is 2.22. The fourth-order valence-corrected chi connectivity index (χ4v) is 3.18. The van der Waals surface area contributed by atoms with Gasteiger partial charge in [0.2, 0.25) is 0 Å². The van der Waals surface area contributed by atoms with Crippen molar-refractivity contribution in [2.75, 3.05) is 0 Å². The van der Waals surface area contributed by atoms with Crippen LogP contribution in [0.1, 0.15) is 35.5 Å². The lowest BCUT2D eigenvalue weighted by atomic mass is 10.1. The van der Waals surface area contributed by atoms with Gasteiger partial charge in [0.05, 0.1) is 18.9 Å². The highest BCUT2D eigenvalue weighted by Gasteiger charge is 2.12. The Morgan fingerprint density at radius 2 is 2.15 bits per heavy atom. The van der Waals surface area contributed by atoms with Crippen LogP contribution < -0.4 is 5.32 Å². The molecule has 2 heterocycles. The number of thiazole rings is 1. The molecule has 0 atom stereocenters. The molecule has 3 rings (SSSR count). The lowest BCUT2D eigenvalue weighted by Gasteiger charge is -2.09. The van der Waals surface area contributed by atoms with Crippen LogP contribution in [0, 0.1) is 0 Å². The second-order valence-electron chi connectivity index (χ2n) is 6.30. The topological polar surface area (TPSA) is 69.0 Å². The minimum atomic E-state index is -0.180. The van der Waals surface area contributed by atoms with Gasteiger partial charge >= 0.3 is 0 Å². The van der Waals surface area contributed by atoms with Gasteiger partial charge in [0.25, 0.3) is 5.91 Å². The second-order valence-corrected chi connectivity index (χ2v) is 7.16. The molecular formula is C19H22N4O2S. The minimum Gasteiger partial charge on any atom is -0.374 e. The summed E-state index contributed by atoms with van der Waals surface area (Å²) in [4.78, 5) is 16.8. The predicted octanol–water partition coefficient (Wildman–Crippen LogP) is 3.40. The number of hydrogen-bond donors (Lipinski definition) is 1. The third-order valence-corrected chi connectivity index (χ3v) is 4.61. The molecular weight excluding hydrogens is 348 g/mol. The Hall–Kier alpha value is -2.51. The summed E-state index contributed by atoms with van der Waals surface area (Å²) in [5, 5.41) is 9.61. The molecule has 0 saturated heterocycles. The molecule has 1 aromatic carbocycles. The van der Waals surface area contributed by atoms with Gasteiger partial charge in [0.15, 0.2) is 0 Å². The number of carbonyl (C=O) groups is 1. The highest BCUT2D eigenvalue weighted by atomic mass is 32.1. The van der Waals surface area contributed by atoms with E-state index in [4.69, 9.17) is 4.74 Å². The standard InChI is InChI=1S/C19H22N4O2S/c1-13(2)25-11-15-6-4-5-14(7-15)8-20-18(24)17-12-26-19(22-17)16-9-21-23(3)10-16/h4-7,9-10,12-13H,8,11H2,1-3H3,(H,20,24). The Labute approximate surface area is 156 Å². The molecule has 0 aliphatic heterocycles. The predicted molar refractivity (Wildman–Crippen MR) is 102 cm³/mol. The van der Waals surface area contributed by atoms with Crippen LogP contribution in [0.5, 0.6) is 0 Å². The molecule has 0 spiro atoms. The summed E-state index contributed by atoms with van der Waals surface area (Å²) in [7, 11) is 1.85. The van der Waals surface area contributed by atoms with Gasteiger partial charge in [-0.05, 0) is 25.0 Å². The van der Waals surface area contributed by atoms with Crippen LogP contribution in [0.3, 0.4) is 0 Å². The Morgan fingerprint density at radius 3 is 2.88 bits per heavy atom. The molecule has 6 nitrogen and oxygen atoms in total. The van der Waals surface area contributed by atoms with Crippen molar-refractivity contribution in [1.29, 1.82) is 0 Å². The van der Waals surface area contributed by atoms with Crippen molar-refractivity contribution in [2.45, 2.75) is 33.1 Å². The molecule has 3 aromatic rings.